The van der Waals surface area contributed by atoms with Crippen molar-refractivity contribution in [3.63, 3.8) is 0 Å². The Morgan fingerprint density at radius 3 is 2.52 bits per heavy atom. The number of halogens is 2. The summed E-state index contributed by atoms with van der Waals surface area (Å²) in [4.78, 5) is 23.8. The van der Waals surface area contributed by atoms with Gasteiger partial charge in [-0.3, -0.25) is 9.59 Å². The van der Waals surface area contributed by atoms with Crippen molar-refractivity contribution in [2.45, 2.75) is 38.1 Å². The first-order valence-corrected chi connectivity index (χ1v) is 8.41. The van der Waals surface area contributed by atoms with Crippen LogP contribution in [0.1, 0.15) is 43.7 Å². The van der Waals surface area contributed by atoms with E-state index in [0.29, 0.717) is 17.9 Å². The van der Waals surface area contributed by atoms with Gasteiger partial charge in [0.05, 0.1) is 19.6 Å². The molecule has 7 heteroatoms. The minimum absolute atomic E-state index is 0. The number of hydrogen-bond acceptors (Lipinski definition) is 4. The summed E-state index contributed by atoms with van der Waals surface area (Å²) in [6, 6.07) is 5.30. The first-order chi connectivity index (χ1) is 11.6. The van der Waals surface area contributed by atoms with E-state index in [1.54, 1.807) is 12.1 Å². The zero-order valence-electron chi connectivity index (χ0n) is 14.4. The lowest BCUT2D eigenvalue weighted by atomic mass is 9.93. The third kappa shape index (κ3) is 7.40. The first-order valence-electron chi connectivity index (χ1n) is 8.41. The van der Waals surface area contributed by atoms with Gasteiger partial charge in [-0.05, 0) is 56.0 Å². The van der Waals surface area contributed by atoms with Gasteiger partial charge in [0.1, 0.15) is 5.82 Å². The molecule has 1 atom stereocenters. The minimum atomic E-state index is -0.501. The molecule has 0 radical (unpaired) electrons. The highest BCUT2D eigenvalue weighted by Gasteiger charge is 2.20. The maximum atomic E-state index is 13.1. The topological polar surface area (TPSA) is 67.4 Å². The SMILES string of the molecule is COC(=O)CC(NC(=O)CCC1CCNCC1)c1ccc(F)cc1.Cl. The fourth-order valence-electron chi connectivity index (χ4n) is 2.97. The molecule has 0 spiro atoms. The Kier molecular flexibility index (Phi) is 9.45. The molecule has 1 aromatic carbocycles. The minimum Gasteiger partial charge on any atom is -0.469 e. The van der Waals surface area contributed by atoms with Gasteiger partial charge in [-0.15, -0.1) is 12.4 Å². The Morgan fingerprint density at radius 2 is 1.92 bits per heavy atom. The average Bonchev–Trinajstić information content (AvgIpc) is 2.61. The zero-order valence-corrected chi connectivity index (χ0v) is 15.2. The number of methoxy groups -OCH3 is 1. The molecule has 25 heavy (non-hydrogen) atoms. The Bertz CT molecular complexity index is 548. The highest BCUT2D eigenvalue weighted by atomic mass is 35.5. The van der Waals surface area contributed by atoms with Gasteiger partial charge in [0.2, 0.25) is 5.91 Å². The quantitative estimate of drug-likeness (QED) is 0.722. The molecule has 1 amide bonds. The summed E-state index contributed by atoms with van der Waals surface area (Å²) in [5.41, 5.74) is 0.692. The smallest absolute Gasteiger partial charge is 0.307 e. The Labute approximate surface area is 154 Å². The largest absolute Gasteiger partial charge is 0.469 e. The summed E-state index contributed by atoms with van der Waals surface area (Å²) in [7, 11) is 1.31. The van der Waals surface area contributed by atoms with Crippen molar-refractivity contribution in [2.24, 2.45) is 5.92 Å². The van der Waals surface area contributed by atoms with Gasteiger partial charge in [0, 0.05) is 6.42 Å². The van der Waals surface area contributed by atoms with E-state index in [0.717, 1.165) is 32.4 Å². The van der Waals surface area contributed by atoms with Crippen molar-refractivity contribution < 1.29 is 18.7 Å². The predicted octanol–water partition coefficient (Wildman–Crippen LogP) is 2.75. The normalized spacial score (nSPS) is 15.8. The van der Waals surface area contributed by atoms with Gasteiger partial charge in [0.15, 0.2) is 0 Å². The highest BCUT2D eigenvalue weighted by molar-refractivity contribution is 5.85. The van der Waals surface area contributed by atoms with E-state index >= 15 is 0 Å². The van der Waals surface area contributed by atoms with E-state index in [1.165, 1.54) is 19.2 Å². The molecule has 1 aliphatic heterocycles. The number of esters is 1. The molecule has 1 heterocycles. The lowest BCUT2D eigenvalue weighted by Crippen LogP contribution is -2.32. The van der Waals surface area contributed by atoms with Crippen LogP contribution in [0.4, 0.5) is 4.39 Å². The second-order valence-corrected chi connectivity index (χ2v) is 6.18. The third-order valence-electron chi connectivity index (χ3n) is 4.44. The molecule has 1 saturated heterocycles. The average molecular weight is 373 g/mol. The predicted molar refractivity (Wildman–Crippen MR) is 96.0 cm³/mol. The number of piperidine rings is 1. The van der Waals surface area contributed by atoms with Gasteiger partial charge >= 0.3 is 5.97 Å². The van der Waals surface area contributed by atoms with Gasteiger partial charge < -0.3 is 15.4 Å². The van der Waals surface area contributed by atoms with Crippen LogP contribution in [-0.4, -0.2) is 32.1 Å². The molecular weight excluding hydrogens is 347 g/mol. The number of nitrogens with one attached hydrogen (secondary N) is 2. The van der Waals surface area contributed by atoms with Crippen molar-refractivity contribution in [3.8, 4) is 0 Å². The summed E-state index contributed by atoms with van der Waals surface area (Å²) >= 11 is 0. The van der Waals surface area contributed by atoms with Crippen molar-refractivity contribution in [3.05, 3.63) is 35.6 Å². The number of benzene rings is 1. The fraction of sp³-hybridized carbons (Fsp3) is 0.556. The lowest BCUT2D eigenvalue weighted by molar-refractivity contribution is -0.141. The van der Waals surface area contributed by atoms with Crippen LogP contribution >= 0.6 is 12.4 Å². The number of carbonyl (C=O) groups is 2. The van der Waals surface area contributed by atoms with Crippen LogP contribution in [0.5, 0.6) is 0 Å². The Hall–Kier alpha value is -1.66. The molecule has 0 aromatic heterocycles. The summed E-state index contributed by atoms with van der Waals surface area (Å²) in [6.07, 6.45) is 3.50. The van der Waals surface area contributed by atoms with Gasteiger partial charge in [0.25, 0.3) is 0 Å². The molecular formula is C18H26ClFN2O3. The zero-order chi connectivity index (χ0) is 17.4. The summed E-state index contributed by atoms with van der Waals surface area (Å²) in [5.74, 6) is -0.288. The molecule has 2 rings (SSSR count). The molecule has 2 N–H and O–H groups in total. The lowest BCUT2D eigenvalue weighted by Gasteiger charge is -2.23. The standard InChI is InChI=1S/C18H25FN2O3.ClH/c1-24-18(23)12-16(14-3-5-15(19)6-4-14)21-17(22)7-2-13-8-10-20-11-9-13;/h3-6,13,16,20H,2,7-12H2,1H3,(H,21,22);1H. The van der Waals surface area contributed by atoms with Crippen molar-refractivity contribution in [1.29, 1.82) is 0 Å². The van der Waals surface area contributed by atoms with E-state index in [4.69, 9.17) is 4.74 Å². The van der Waals surface area contributed by atoms with Crippen LogP contribution in [0.25, 0.3) is 0 Å². The molecule has 140 valence electrons. The van der Waals surface area contributed by atoms with Crippen molar-refractivity contribution >= 4 is 24.3 Å². The van der Waals surface area contributed by atoms with E-state index in [9.17, 15) is 14.0 Å². The highest BCUT2D eigenvalue weighted by Crippen LogP contribution is 2.20. The molecule has 5 nitrogen and oxygen atoms in total. The molecule has 1 unspecified atom stereocenters. The molecule has 0 bridgehead atoms. The molecule has 1 aromatic rings. The number of rotatable bonds is 7. The maximum absolute atomic E-state index is 13.1. The maximum Gasteiger partial charge on any atom is 0.307 e. The summed E-state index contributed by atoms with van der Waals surface area (Å²) in [6.45, 7) is 2.01. The van der Waals surface area contributed by atoms with Crippen LogP contribution < -0.4 is 10.6 Å². The fourth-order valence-corrected chi connectivity index (χ4v) is 2.97. The Balaban J connectivity index is 0.00000312. The molecule has 0 aliphatic carbocycles. The number of hydrogen-bond donors (Lipinski definition) is 2. The second kappa shape index (κ2) is 11.1. The van der Waals surface area contributed by atoms with Crippen molar-refractivity contribution in [2.75, 3.05) is 20.2 Å². The van der Waals surface area contributed by atoms with E-state index in [2.05, 4.69) is 10.6 Å². The van der Waals surface area contributed by atoms with Gasteiger partial charge in [-0.2, -0.15) is 0 Å². The summed E-state index contributed by atoms with van der Waals surface area (Å²) in [5, 5.41) is 6.19. The van der Waals surface area contributed by atoms with Crippen LogP contribution in [0, 0.1) is 11.7 Å². The van der Waals surface area contributed by atoms with Crippen LogP contribution in [0.2, 0.25) is 0 Å². The number of carbonyl (C=O) groups excluding carboxylic acids is 2. The van der Waals surface area contributed by atoms with Crippen LogP contribution in [0.15, 0.2) is 24.3 Å². The third-order valence-corrected chi connectivity index (χ3v) is 4.44. The first kappa shape index (κ1) is 21.4. The van der Waals surface area contributed by atoms with Gasteiger partial charge in [-0.1, -0.05) is 12.1 Å². The molecule has 0 saturated carbocycles. The Morgan fingerprint density at radius 1 is 1.28 bits per heavy atom. The van der Waals surface area contributed by atoms with Crippen molar-refractivity contribution in [1.82, 2.24) is 10.6 Å². The number of ether oxygens (including phenoxy) is 1. The van der Waals surface area contributed by atoms with Crippen LogP contribution in [-0.2, 0) is 14.3 Å². The second-order valence-electron chi connectivity index (χ2n) is 6.18. The summed E-state index contributed by atoms with van der Waals surface area (Å²) < 4.78 is 17.8. The number of amides is 1. The molecule has 1 fully saturated rings. The van der Waals surface area contributed by atoms with E-state index in [-0.39, 0.29) is 30.6 Å². The molecule has 1 aliphatic rings. The van der Waals surface area contributed by atoms with E-state index in [1.807, 2.05) is 0 Å². The van der Waals surface area contributed by atoms with E-state index < -0.39 is 12.0 Å². The van der Waals surface area contributed by atoms with Crippen LogP contribution in [0.3, 0.4) is 0 Å². The monoisotopic (exact) mass is 372 g/mol. The van der Waals surface area contributed by atoms with Gasteiger partial charge in [-0.25, -0.2) is 4.39 Å².